The SMILES string of the molecule is CC1CC1C1CC1CNC(=O)C#CC1CC1. The van der Waals surface area contributed by atoms with Crippen molar-refractivity contribution in [3.05, 3.63) is 0 Å². The standard InChI is InChI=1S/C14H19NO/c1-9-6-12(9)13-7-11(13)8-15-14(16)5-4-10-2-3-10/h9-13H,2-3,6-8H2,1H3,(H,15,16). The fraction of sp³-hybridized carbons (Fsp3) is 0.786. The van der Waals surface area contributed by atoms with Crippen LogP contribution in [-0.4, -0.2) is 12.5 Å². The molecule has 3 rings (SSSR count). The first-order valence-electron chi connectivity index (χ1n) is 6.53. The number of amides is 1. The summed E-state index contributed by atoms with van der Waals surface area (Å²) in [4.78, 5) is 11.4. The molecule has 0 bridgehead atoms. The highest BCUT2D eigenvalue weighted by Crippen LogP contribution is 2.57. The quantitative estimate of drug-likeness (QED) is 0.718. The fourth-order valence-corrected chi connectivity index (χ4v) is 2.64. The molecule has 1 N–H and O–H groups in total. The Morgan fingerprint density at radius 2 is 2.06 bits per heavy atom. The van der Waals surface area contributed by atoms with Crippen LogP contribution in [0.25, 0.3) is 0 Å². The van der Waals surface area contributed by atoms with E-state index in [1.54, 1.807) is 0 Å². The van der Waals surface area contributed by atoms with Gasteiger partial charge in [-0.25, -0.2) is 0 Å². The molecule has 3 aliphatic carbocycles. The first kappa shape index (κ1) is 10.2. The molecule has 3 fully saturated rings. The van der Waals surface area contributed by atoms with Crippen LogP contribution in [0.1, 0.15) is 32.6 Å². The molecule has 3 saturated carbocycles. The van der Waals surface area contributed by atoms with Crippen molar-refractivity contribution in [1.82, 2.24) is 5.32 Å². The van der Waals surface area contributed by atoms with Gasteiger partial charge in [-0.2, -0.15) is 0 Å². The van der Waals surface area contributed by atoms with E-state index in [0.717, 1.165) is 30.2 Å². The molecule has 86 valence electrons. The Bertz CT molecular complexity index is 361. The zero-order valence-corrected chi connectivity index (χ0v) is 9.83. The van der Waals surface area contributed by atoms with Crippen molar-refractivity contribution < 1.29 is 4.79 Å². The first-order valence-corrected chi connectivity index (χ1v) is 6.53. The second kappa shape index (κ2) is 3.80. The monoisotopic (exact) mass is 217 g/mol. The minimum atomic E-state index is -0.0682. The van der Waals surface area contributed by atoms with Crippen LogP contribution in [-0.2, 0) is 4.79 Å². The van der Waals surface area contributed by atoms with E-state index in [-0.39, 0.29) is 5.91 Å². The second-order valence-electron chi connectivity index (χ2n) is 5.79. The van der Waals surface area contributed by atoms with Crippen LogP contribution in [0.4, 0.5) is 0 Å². The van der Waals surface area contributed by atoms with Crippen molar-refractivity contribution >= 4 is 5.91 Å². The Balaban J connectivity index is 1.35. The molecule has 0 heterocycles. The van der Waals surface area contributed by atoms with E-state index >= 15 is 0 Å². The van der Waals surface area contributed by atoms with E-state index in [1.807, 2.05) is 0 Å². The summed E-state index contributed by atoms with van der Waals surface area (Å²) in [6, 6.07) is 0. The van der Waals surface area contributed by atoms with Gasteiger partial charge < -0.3 is 5.32 Å². The Hall–Kier alpha value is -0.970. The smallest absolute Gasteiger partial charge is 0.295 e. The van der Waals surface area contributed by atoms with E-state index in [2.05, 4.69) is 24.1 Å². The normalized spacial score (nSPS) is 39.6. The third-order valence-corrected chi connectivity index (χ3v) is 4.19. The average molecular weight is 217 g/mol. The highest BCUT2D eigenvalue weighted by molar-refractivity contribution is 5.93. The molecule has 0 aromatic carbocycles. The van der Waals surface area contributed by atoms with E-state index in [4.69, 9.17) is 0 Å². The van der Waals surface area contributed by atoms with Crippen LogP contribution >= 0.6 is 0 Å². The largest absolute Gasteiger partial charge is 0.345 e. The fourth-order valence-electron chi connectivity index (χ4n) is 2.64. The molecule has 0 aromatic rings. The predicted octanol–water partition coefficient (Wildman–Crippen LogP) is 1.81. The molecule has 0 saturated heterocycles. The van der Waals surface area contributed by atoms with Crippen LogP contribution in [0.15, 0.2) is 0 Å². The van der Waals surface area contributed by atoms with E-state index in [1.165, 1.54) is 25.7 Å². The maximum atomic E-state index is 11.4. The second-order valence-corrected chi connectivity index (χ2v) is 5.79. The molecule has 16 heavy (non-hydrogen) atoms. The molecular formula is C14H19NO. The molecule has 4 atom stereocenters. The lowest BCUT2D eigenvalue weighted by atomic mass is 10.2. The van der Waals surface area contributed by atoms with Gasteiger partial charge in [-0.15, -0.1) is 0 Å². The first-order chi connectivity index (χ1) is 7.74. The lowest BCUT2D eigenvalue weighted by Gasteiger charge is -1.99. The van der Waals surface area contributed by atoms with E-state index in [9.17, 15) is 4.79 Å². The predicted molar refractivity (Wildman–Crippen MR) is 62.4 cm³/mol. The number of hydrogen-bond donors (Lipinski definition) is 1. The van der Waals surface area contributed by atoms with Gasteiger partial charge >= 0.3 is 0 Å². The van der Waals surface area contributed by atoms with Gasteiger partial charge in [-0.3, -0.25) is 4.79 Å². The van der Waals surface area contributed by atoms with Crippen LogP contribution in [0.2, 0.25) is 0 Å². The molecule has 0 aromatic heterocycles. The highest BCUT2D eigenvalue weighted by Gasteiger charge is 2.51. The van der Waals surface area contributed by atoms with Crippen molar-refractivity contribution in [1.29, 1.82) is 0 Å². The van der Waals surface area contributed by atoms with Gasteiger partial charge in [0.05, 0.1) is 0 Å². The van der Waals surface area contributed by atoms with Crippen molar-refractivity contribution in [3.8, 4) is 11.8 Å². The molecule has 2 nitrogen and oxygen atoms in total. The van der Waals surface area contributed by atoms with Gasteiger partial charge in [0.1, 0.15) is 0 Å². The molecule has 0 aliphatic heterocycles. The van der Waals surface area contributed by atoms with Crippen LogP contribution < -0.4 is 5.32 Å². The summed E-state index contributed by atoms with van der Waals surface area (Å²) in [5.41, 5.74) is 0. The van der Waals surface area contributed by atoms with Crippen LogP contribution in [0.5, 0.6) is 0 Å². The molecule has 4 unspecified atom stereocenters. The van der Waals surface area contributed by atoms with Crippen molar-refractivity contribution in [2.45, 2.75) is 32.6 Å². The molecule has 1 amide bonds. The molecule has 2 heteroatoms. The summed E-state index contributed by atoms with van der Waals surface area (Å²) in [5, 5.41) is 2.94. The summed E-state index contributed by atoms with van der Waals surface area (Å²) in [6.07, 6.45) is 5.11. The molecule has 3 aliphatic rings. The maximum Gasteiger partial charge on any atom is 0.295 e. The van der Waals surface area contributed by atoms with Crippen molar-refractivity contribution in [2.24, 2.45) is 29.6 Å². The Morgan fingerprint density at radius 1 is 1.31 bits per heavy atom. The topological polar surface area (TPSA) is 29.1 Å². The van der Waals surface area contributed by atoms with Crippen molar-refractivity contribution in [2.75, 3.05) is 6.54 Å². The Labute approximate surface area is 97.2 Å². The van der Waals surface area contributed by atoms with Crippen LogP contribution in [0, 0.1) is 41.4 Å². The number of nitrogens with one attached hydrogen (secondary N) is 1. The lowest BCUT2D eigenvalue weighted by Crippen LogP contribution is -2.24. The van der Waals surface area contributed by atoms with Gasteiger partial charge in [0, 0.05) is 12.5 Å². The highest BCUT2D eigenvalue weighted by atomic mass is 16.1. The third kappa shape index (κ3) is 2.40. The molecule has 0 radical (unpaired) electrons. The van der Waals surface area contributed by atoms with E-state index in [0.29, 0.717) is 5.92 Å². The number of hydrogen-bond acceptors (Lipinski definition) is 1. The summed E-state index contributed by atoms with van der Waals surface area (Å²) < 4.78 is 0. The minimum Gasteiger partial charge on any atom is -0.345 e. The third-order valence-electron chi connectivity index (χ3n) is 4.19. The lowest BCUT2D eigenvalue weighted by molar-refractivity contribution is -0.115. The van der Waals surface area contributed by atoms with E-state index < -0.39 is 0 Å². The Kier molecular flexibility index (Phi) is 2.42. The summed E-state index contributed by atoms with van der Waals surface area (Å²) in [5.74, 6) is 9.72. The Morgan fingerprint density at radius 3 is 2.69 bits per heavy atom. The number of carbonyl (C=O) groups excluding carboxylic acids is 1. The van der Waals surface area contributed by atoms with Gasteiger partial charge in [-0.1, -0.05) is 12.8 Å². The summed E-state index contributed by atoms with van der Waals surface area (Å²) in [7, 11) is 0. The zero-order chi connectivity index (χ0) is 11.1. The van der Waals surface area contributed by atoms with Crippen molar-refractivity contribution in [3.63, 3.8) is 0 Å². The number of carbonyl (C=O) groups is 1. The van der Waals surface area contributed by atoms with Gasteiger partial charge in [0.15, 0.2) is 0 Å². The number of rotatable bonds is 3. The molecular weight excluding hydrogens is 198 g/mol. The van der Waals surface area contributed by atoms with Gasteiger partial charge in [-0.05, 0) is 55.3 Å². The summed E-state index contributed by atoms with van der Waals surface area (Å²) >= 11 is 0. The van der Waals surface area contributed by atoms with Gasteiger partial charge in [0.2, 0.25) is 0 Å². The molecule has 0 spiro atoms. The maximum absolute atomic E-state index is 11.4. The average Bonchev–Trinajstić information content (AvgIpc) is 3.05. The van der Waals surface area contributed by atoms with Crippen LogP contribution in [0.3, 0.4) is 0 Å². The minimum absolute atomic E-state index is 0.0682. The van der Waals surface area contributed by atoms with Gasteiger partial charge in [0.25, 0.3) is 5.91 Å². The summed E-state index contributed by atoms with van der Waals surface area (Å²) in [6.45, 7) is 3.19. The zero-order valence-electron chi connectivity index (χ0n) is 9.83.